The van der Waals surface area contributed by atoms with E-state index in [0.29, 0.717) is 11.9 Å². The Balaban J connectivity index is 2.01. The van der Waals surface area contributed by atoms with Gasteiger partial charge in [0.1, 0.15) is 12.1 Å². The average molecular weight is 190 g/mol. The van der Waals surface area contributed by atoms with Gasteiger partial charge in [0.05, 0.1) is 5.69 Å². The zero-order chi connectivity index (χ0) is 9.71. The highest BCUT2D eigenvalue weighted by Crippen LogP contribution is 2.42. The van der Waals surface area contributed by atoms with Crippen molar-refractivity contribution in [2.75, 3.05) is 5.73 Å². The SMILES string of the molecule is CC1c2c(N)ncnc2CN1C1CC1. The molecule has 1 fully saturated rings. The minimum Gasteiger partial charge on any atom is -0.383 e. The molecule has 14 heavy (non-hydrogen) atoms. The molecule has 1 aromatic heterocycles. The van der Waals surface area contributed by atoms with Gasteiger partial charge in [-0.25, -0.2) is 9.97 Å². The Bertz CT molecular complexity index is 372. The number of nitrogens with zero attached hydrogens (tertiary/aromatic N) is 3. The zero-order valence-electron chi connectivity index (χ0n) is 8.27. The summed E-state index contributed by atoms with van der Waals surface area (Å²) in [7, 11) is 0. The normalized spacial score (nSPS) is 26.5. The molecule has 1 aliphatic heterocycles. The second kappa shape index (κ2) is 2.67. The predicted molar refractivity (Wildman–Crippen MR) is 53.4 cm³/mol. The van der Waals surface area contributed by atoms with E-state index < -0.39 is 0 Å². The van der Waals surface area contributed by atoms with Crippen LogP contribution in [0.1, 0.15) is 37.1 Å². The first-order chi connectivity index (χ1) is 6.77. The van der Waals surface area contributed by atoms with E-state index >= 15 is 0 Å². The van der Waals surface area contributed by atoms with E-state index in [-0.39, 0.29) is 0 Å². The lowest BCUT2D eigenvalue weighted by atomic mass is 10.1. The Morgan fingerprint density at radius 1 is 1.43 bits per heavy atom. The molecule has 0 amide bonds. The number of anilines is 1. The lowest BCUT2D eigenvalue weighted by molar-refractivity contribution is 0.218. The summed E-state index contributed by atoms with van der Waals surface area (Å²) in [4.78, 5) is 10.8. The van der Waals surface area contributed by atoms with Gasteiger partial charge in [-0.15, -0.1) is 0 Å². The van der Waals surface area contributed by atoms with E-state index in [2.05, 4.69) is 21.8 Å². The van der Waals surface area contributed by atoms with E-state index in [9.17, 15) is 0 Å². The summed E-state index contributed by atoms with van der Waals surface area (Å²) in [6.45, 7) is 3.15. The third kappa shape index (κ3) is 1.04. The van der Waals surface area contributed by atoms with Crippen LogP contribution in [0.15, 0.2) is 6.33 Å². The zero-order valence-corrected chi connectivity index (χ0v) is 8.27. The topological polar surface area (TPSA) is 55.0 Å². The molecular weight excluding hydrogens is 176 g/mol. The Kier molecular flexibility index (Phi) is 1.56. The molecule has 2 heterocycles. The average Bonchev–Trinajstić information content (AvgIpc) is 2.93. The minimum atomic E-state index is 0.402. The fourth-order valence-corrected chi connectivity index (χ4v) is 2.36. The third-order valence-corrected chi connectivity index (χ3v) is 3.26. The minimum absolute atomic E-state index is 0.402. The summed E-state index contributed by atoms with van der Waals surface area (Å²) in [6.07, 6.45) is 4.22. The molecule has 2 aliphatic rings. The molecule has 1 unspecified atom stereocenters. The van der Waals surface area contributed by atoms with Crippen LogP contribution in [0.5, 0.6) is 0 Å². The van der Waals surface area contributed by atoms with E-state index in [1.165, 1.54) is 12.8 Å². The van der Waals surface area contributed by atoms with Crippen LogP contribution in [-0.4, -0.2) is 20.9 Å². The maximum Gasteiger partial charge on any atom is 0.131 e. The molecule has 1 saturated carbocycles. The summed E-state index contributed by atoms with van der Waals surface area (Å²) < 4.78 is 0. The Morgan fingerprint density at radius 3 is 2.86 bits per heavy atom. The number of nitrogen functional groups attached to an aromatic ring is 1. The maximum atomic E-state index is 5.87. The number of hydrogen-bond acceptors (Lipinski definition) is 4. The van der Waals surface area contributed by atoms with Crippen LogP contribution in [0.3, 0.4) is 0 Å². The first-order valence-electron chi connectivity index (χ1n) is 5.12. The van der Waals surface area contributed by atoms with Gasteiger partial charge in [0.15, 0.2) is 0 Å². The first-order valence-corrected chi connectivity index (χ1v) is 5.12. The molecular formula is C10H14N4. The number of fused-ring (bicyclic) bond motifs is 1. The molecule has 2 N–H and O–H groups in total. The van der Waals surface area contributed by atoms with Crippen LogP contribution in [0.25, 0.3) is 0 Å². The van der Waals surface area contributed by atoms with Crippen LogP contribution < -0.4 is 5.73 Å². The van der Waals surface area contributed by atoms with Crippen molar-refractivity contribution < 1.29 is 0 Å². The molecule has 1 aliphatic carbocycles. The second-order valence-corrected chi connectivity index (χ2v) is 4.20. The van der Waals surface area contributed by atoms with Gasteiger partial charge in [0.2, 0.25) is 0 Å². The van der Waals surface area contributed by atoms with Crippen LogP contribution in [-0.2, 0) is 6.54 Å². The van der Waals surface area contributed by atoms with Gasteiger partial charge in [-0.1, -0.05) is 0 Å². The monoisotopic (exact) mass is 190 g/mol. The van der Waals surface area contributed by atoms with Crippen molar-refractivity contribution in [2.24, 2.45) is 0 Å². The largest absolute Gasteiger partial charge is 0.383 e. The van der Waals surface area contributed by atoms with Gasteiger partial charge in [-0.2, -0.15) is 0 Å². The van der Waals surface area contributed by atoms with Gasteiger partial charge in [0.25, 0.3) is 0 Å². The second-order valence-electron chi connectivity index (χ2n) is 4.20. The van der Waals surface area contributed by atoms with Crippen molar-refractivity contribution >= 4 is 5.82 Å². The summed E-state index contributed by atoms with van der Waals surface area (Å²) in [5.74, 6) is 0.658. The smallest absolute Gasteiger partial charge is 0.131 e. The predicted octanol–water partition coefficient (Wildman–Crippen LogP) is 1.10. The number of hydrogen-bond donors (Lipinski definition) is 1. The highest BCUT2D eigenvalue weighted by atomic mass is 15.2. The summed E-state index contributed by atoms with van der Waals surface area (Å²) in [6, 6.07) is 1.16. The van der Waals surface area contributed by atoms with Gasteiger partial charge in [0, 0.05) is 24.2 Å². The third-order valence-electron chi connectivity index (χ3n) is 3.26. The Morgan fingerprint density at radius 2 is 2.21 bits per heavy atom. The van der Waals surface area contributed by atoms with Crippen LogP contribution in [0.2, 0.25) is 0 Å². The summed E-state index contributed by atoms with van der Waals surface area (Å²) in [5, 5.41) is 0. The molecule has 1 aromatic rings. The van der Waals surface area contributed by atoms with Crippen molar-refractivity contribution in [3.8, 4) is 0 Å². The molecule has 0 radical (unpaired) electrons. The van der Waals surface area contributed by atoms with Crippen molar-refractivity contribution in [2.45, 2.75) is 38.4 Å². The summed E-state index contributed by atoms with van der Waals surface area (Å²) >= 11 is 0. The molecule has 0 spiro atoms. The molecule has 1 atom stereocenters. The van der Waals surface area contributed by atoms with Gasteiger partial charge >= 0.3 is 0 Å². The quantitative estimate of drug-likeness (QED) is 0.720. The van der Waals surface area contributed by atoms with Crippen LogP contribution in [0.4, 0.5) is 5.82 Å². The summed E-state index contributed by atoms with van der Waals surface area (Å²) in [5.41, 5.74) is 8.14. The standard InChI is InChI=1S/C10H14N4/c1-6-9-8(12-5-13-10(9)11)4-14(6)7-2-3-7/h5-7H,2-4H2,1H3,(H2,11,12,13). The van der Waals surface area contributed by atoms with Crippen molar-refractivity contribution in [3.63, 3.8) is 0 Å². The molecule has 3 rings (SSSR count). The highest BCUT2D eigenvalue weighted by molar-refractivity contribution is 5.46. The van der Waals surface area contributed by atoms with Gasteiger partial charge < -0.3 is 5.73 Å². The van der Waals surface area contributed by atoms with Crippen molar-refractivity contribution in [3.05, 3.63) is 17.6 Å². The van der Waals surface area contributed by atoms with E-state index in [1.54, 1.807) is 6.33 Å². The first kappa shape index (κ1) is 8.17. The van der Waals surface area contributed by atoms with Crippen LogP contribution in [0, 0.1) is 0 Å². The fourth-order valence-electron chi connectivity index (χ4n) is 2.36. The molecule has 0 bridgehead atoms. The van der Waals surface area contributed by atoms with E-state index in [0.717, 1.165) is 23.8 Å². The lowest BCUT2D eigenvalue weighted by Crippen LogP contribution is -2.22. The highest BCUT2D eigenvalue weighted by Gasteiger charge is 2.39. The van der Waals surface area contributed by atoms with Gasteiger partial charge in [-0.3, -0.25) is 4.90 Å². The Labute approximate surface area is 83.1 Å². The van der Waals surface area contributed by atoms with E-state index in [1.807, 2.05) is 0 Å². The molecule has 0 saturated heterocycles. The molecule has 74 valence electrons. The van der Waals surface area contributed by atoms with Gasteiger partial charge in [-0.05, 0) is 19.8 Å². The van der Waals surface area contributed by atoms with E-state index in [4.69, 9.17) is 5.73 Å². The number of rotatable bonds is 1. The Hall–Kier alpha value is -1.16. The number of aromatic nitrogens is 2. The number of nitrogens with two attached hydrogens (primary N) is 1. The van der Waals surface area contributed by atoms with Crippen molar-refractivity contribution in [1.82, 2.24) is 14.9 Å². The molecule has 4 nitrogen and oxygen atoms in total. The van der Waals surface area contributed by atoms with Crippen LogP contribution >= 0.6 is 0 Å². The maximum absolute atomic E-state index is 5.87. The lowest BCUT2D eigenvalue weighted by Gasteiger charge is -2.20. The van der Waals surface area contributed by atoms with Crippen molar-refractivity contribution in [1.29, 1.82) is 0 Å². The molecule has 4 heteroatoms. The fraction of sp³-hybridized carbons (Fsp3) is 0.600. The molecule has 0 aromatic carbocycles.